The summed E-state index contributed by atoms with van der Waals surface area (Å²) in [6.45, 7) is 9.52. The molecule has 0 bridgehead atoms. The Hall–Kier alpha value is -2.27. The van der Waals surface area contributed by atoms with E-state index in [-0.39, 0.29) is 29.7 Å². The van der Waals surface area contributed by atoms with Gasteiger partial charge in [0, 0.05) is 34.0 Å². The lowest BCUT2D eigenvalue weighted by Crippen LogP contribution is -2.18. The van der Waals surface area contributed by atoms with Crippen molar-refractivity contribution in [1.82, 2.24) is 0 Å². The first kappa shape index (κ1) is 34.7. The third-order valence-electron chi connectivity index (χ3n) is 5.48. The van der Waals surface area contributed by atoms with Crippen LogP contribution in [0.4, 0.5) is 18.9 Å². The van der Waals surface area contributed by atoms with Crippen LogP contribution < -0.4 is 5.32 Å². The molecule has 4 N–H and O–H groups in total. The van der Waals surface area contributed by atoms with Crippen LogP contribution in [0, 0.1) is 29.3 Å². The van der Waals surface area contributed by atoms with Crippen molar-refractivity contribution in [2.75, 3.05) is 11.1 Å². The summed E-state index contributed by atoms with van der Waals surface area (Å²) in [5.74, 6) is -3.88. The first-order chi connectivity index (χ1) is 17.3. The third-order valence-corrected chi connectivity index (χ3v) is 7.26. The zero-order valence-electron chi connectivity index (χ0n) is 21.5. The second kappa shape index (κ2) is 18.1. The van der Waals surface area contributed by atoms with Crippen molar-refractivity contribution in [1.29, 1.82) is 0 Å². The fourth-order valence-electron chi connectivity index (χ4n) is 2.66. The Balaban J connectivity index is 0.00000110. The van der Waals surface area contributed by atoms with E-state index in [4.69, 9.17) is 26.6 Å². The molecule has 0 saturated carbocycles. The van der Waals surface area contributed by atoms with Crippen LogP contribution in [0.15, 0.2) is 35.2 Å². The summed E-state index contributed by atoms with van der Waals surface area (Å²) in [5, 5.41) is 28.3. The van der Waals surface area contributed by atoms with Crippen LogP contribution in [0.2, 0.25) is 5.02 Å². The van der Waals surface area contributed by atoms with Crippen molar-refractivity contribution in [2.45, 2.75) is 64.6 Å². The highest BCUT2D eigenvalue weighted by molar-refractivity contribution is 7.99. The van der Waals surface area contributed by atoms with Crippen LogP contribution >= 0.6 is 23.4 Å². The molecule has 6 nitrogen and oxygen atoms in total. The van der Waals surface area contributed by atoms with Crippen LogP contribution in [0.1, 0.15) is 57.8 Å². The lowest BCUT2D eigenvalue weighted by molar-refractivity contribution is -0.122. The predicted molar refractivity (Wildman–Crippen MR) is 142 cm³/mol. The third kappa shape index (κ3) is 12.7. The Morgan fingerprint density at radius 1 is 1.03 bits per heavy atom. The van der Waals surface area contributed by atoms with Gasteiger partial charge in [0.1, 0.15) is 0 Å². The maximum atomic E-state index is 13.3. The molecule has 208 valence electrons. The van der Waals surface area contributed by atoms with Crippen molar-refractivity contribution in [3.05, 3.63) is 58.4 Å². The van der Waals surface area contributed by atoms with Gasteiger partial charge in [-0.1, -0.05) is 45.7 Å². The summed E-state index contributed by atoms with van der Waals surface area (Å²) in [4.78, 5) is 21.3. The molecule has 0 aliphatic heterocycles. The van der Waals surface area contributed by atoms with E-state index in [1.165, 1.54) is 17.8 Å². The zero-order chi connectivity index (χ0) is 28.7. The number of rotatable bonds is 9. The number of amides is 1. The largest absolute Gasteiger partial charge is 0.483 e. The average Bonchev–Trinajstić information content (AvgIpc) is 2.86. The van der Waals surface area contributed by atoms with Crippen molar-refractivity contribution in [3.63, 3.8) is 0 Å². The number of hydrogen-bond donors (Lipinski definition) is 4. The zero-order valence-corrected chi connectivity index (χ0v) is 23.0. The SMILES string of the molecule is CCC(C)C(C)O.CCC(O)C(C)CSc1cc(C(=O)Nc2cc(F)c(F)c(F)c2)ccc1Cl.O=CO. The summed E-state index contributed by atoms with van der Waals surface area (Å²) < 4.78 is 39.5. The molecule has 0 radical (unpaired) electrons. The molecule has 0 aliphatic carbocycles. The highest BCUT2D eigenvalue weighted by Gasteiger charge is 2.16. The van der Waals surface area contributed by atoms with Crippen molar-refractivity contribution in [2.24, 2.45) is 11.8 Å². The van der Waals surface area contributed by atoms with E-state index in [0.717, 1.165) is 6.42 Å². The number of nitrogens with one attached hydrogen (secondary N) is 1. The fourth-order valence-corrected chi connectivity index (χ4v) is 4.02. The Kier molecular flexibility index (Phi) is 17.0. The Bertz CT molecular complexity index is 974. The fraction of sp³-hybridized carbons (Fsp3) is 0.462. The van der Waals surface area contributed by atoms with Crippen LogP contribution in [-0.2, 0) is 4.79 Å². The lowest BCUT2D eigenvalue weighted by Gasteiger charge is -2.17. The minimum atomic E-state index is -1.60. The Morgan fingerprint density at radius 2 is 1.57 bits per heavy atom. The molecule has 0 aliphatic rings. The van der Waals surface area contributed by atoms with E-state index in [9.17, 15) is 23.1 Å². The maximum absolute atomic E-state index is 13.3. The molecule has 2 rings (SSSR count). The summed E-state index contributed by atoms with van der Waals surface area (Å²) in [6.07, 6.45) is 1.15. The van der Waals surface area contributed by atoms with Gasteiger partial charge in [0.2, 0.25) is 0 Å². The minimum Gasteiger partial charge on any atom is -0.483 e. The van der Waals surface area contributed by atoms with Gasteiger partial charge in [-0.3, -0.25) is 9.59 Å². The van der Waals surface area contributed by atoms with Gasteiger partial charge in [0.05, 0.1) is 17.2 Å². The highest BCUT2D eigenvalue weighted by atomic mass is 35.5. The molecule has 4 atom stereocenters. The molecule has 11 heteroatoms. The normalized spacial score (nSPS) is 13.6. The summed E-state index contributed by atoms with van der Waals surface area (Å²) in [7, 11) is 0. The average molecular weight is 566 g/mol. The molecular weight excluding hydrogens is 531 g/mol. The maximum Gasteiger partial charge on any atom is 0.290 e. The second-order valence-corrected chi connectivity index (χ2v) is 9.82. The number of aliphatic hydroxyl groups excluding tert-OH is 2. The molecule has 4 unspecified atom stereocenters. The first-order valence-corrected chi connectivity index (χ1v) is 13.0. The van der Waals surface area contributed by atoms with Gasteiger partial charge in [-0.25, -0.2) is 13.2 Å². The van der Waals surface area contributed by atoms with Crippen LogP contribution in [-0.4, -0.2) is 45.7 Å². The van der Waals surface area contributed by atoms with E-state index < -0.39 is 29.5 Å². The van der Waals surface area contributed by atoms with Crippen LogP contribution in [0.25, 0.3) is 0 Å². The van der Waals surface area contributed by atoms with E-state index >= 15 is 0 Å². The number of halogens is 4. The van der Waals surface area contributed by atoms with E-state index in [2.05, 4.69) is 12.2 Å². The number of benzene rings is 2. The first-order valence-electron chi connectivity index (χ1n) is 11.6. The number of carboxylic acid groups (broad SMARTS) is 1. The van der Waals surface area contributed by atoms with Crippen LogP contribution in [0.5, 0.6) is 0 Å². The molecule has 0 spiro atoms. The van der Waals surface area contributed by atoms with E-state index in [1.54, 1.807) is 12.1 Å². The van der Waals surface area contributed by atoms with Gasteiger partial charge < -0.3 is 20.6 Å². The number of hydrogen-bond acceptors (Lipinski definition) is 5. The molecule has 2 aromatic rings. The molecule has 0 saturated heterocycles. The van der Waals surface area contributed by atoms with Gasteiger partial charge >= 0.3 is 0 Å². The monoisotopic (exact) mass is 565 g/mol. The molecule has 1 amide bonds. The van der Waals surface area contributed by atoms with E-state index in [1.807, 2.05) is 27.7 Å². The Morgan fingerprint density at radius 3 is 2.00 bits per heavy atom. The Labute approximate surface area is 225 Å². The number of carbonyl (C=O) groups is 2. The molecule has 2 aromatic carbocycles. The quantitative estimate of drug-likeness (QED) is 0.155. The molecular formula is C26H35ClF3NO5S. The standard InChI is InChI=1S/C19H19ClF3NO2S.C6H14O.CH2O2/c1-3-16(25)10(2)9-27-17-6-11(4-5-13(17)20)19(26)24-12-7-14(21)18(23)15(22)8-12;1-4-5(2)6(3)7;2-1-3/h4-8,10,16,25H,3,9H2,1-2H3,(H,24,26);5-7H,4H2,1-3H3;1H,(H,2,3). The molecule has 37 heavy (non-hydrogen) atoms. The van der Waals surface area contributed by atoms with Gasteiger partial charge in [0.25, 0.3) is 12.4 Å². The number of anilines is 1. The van der Waals surface area contributed by atoms with Gasteiger partial charge in [-0.2, -0.15) is 0 Å². The second-order valence-electron chi connectivity index (χ2n) is 8.35. The number of carbonyl (C=O) groups excluding carboxylic acids is 1. The number of thioether (sulfide) groups is 1. The topological polar surface area (TPSA) is 107 Å². The van der Waals surface area contributed by atoms with Crippen molar-refractivity contribution in [3.8, 4) is 0 Å². The van der Waals surface area contributed by atoms with Gasteiger partial charge in [-0.15, -0.1) is 11.8 Å². The van der Waals surface area contributed by atoms with Crippen LogP contribution in [0.3, 0.4) is 0 Å². The van der Waals surface area contributed by atoms with Crippen molar-refractivity contribution < 1.29 is 38.1 Å². The van der Waals surface area contributed by atoms with E-state index in [0.29, 0.717) is 40.1 Å². The molecule has 0 aromatic heterocycles. The number of aliphatic hydroxyl groups is 2. The summed E-state index contributed by atoms with van der Waals surface area (Å²) in [6, 6.07) is 5.99. The highest BCUT2D eigenvalue weighted by Crippen LogP contribution is 2.31. The molecule has 0 fully saturated rings. The van der Waals surface area contributed by atoms with Gasteiger partial charge in [-0.05, 0) is 43.4 Å². The smallest absolute Gasteiger partial charge is 0.290 e. The summed E-state index contributed by atoms with van der Waals surface area (Å²) >= 11 is 7.56. The summed E-state index contributed by atoms with van der Waals surface area (Å²) in [5.41, 5.74) is 0.0379. The molecule has 0 heterocycles. The predicted octanol–water partition coefficient (Wildman–Crippen LogP) is 6.62. The van der Waals surface area contributed by atoms with Crippen molar-refractivity contribution >= 4 is 41.4 Å². The van der Waals surface area contributed by atoms with Gasteiger partial charge in [0.15, 0.2) is 17.5 Å². The minimum absolute atomic E-state index is 0.0405. The lowest BCUT2D eigenvalue weighted by atomic mass is 10.0.